The summed E-state index contributed by atoms with van der Waals surface area (Å²) in [6.45, 7) is 4.35. The summed E-state index contributed by atoms with van der Waals surface area (Å²) in [7, 11) is 0. The zero-order valence-electron chi connectivity index (χ0n) is 8.24. The minimum Gasteiger partial charge on any atom is -0.122 e. The van der Waals surface area contributed by atoms with E-state index in [-0.39, 0.29) is 21.0 Å². The molecule has 1 aliphatic rings. The quantitative estimate of drug-likeness (QED) is 0.491. The summed E-state index contributed by atoms with van der Waals surface area (Å²) in [6, 6.07) is 0. The van der Waals surface area contributed by atoms with Gasteiger partial charge in [0.1, 0.15) is 0 Å². The van der Waals surface area contributed by atoms with Crippen LogP contribution in [-0.2, 0) is 0 Å². The van der Waals surface area contributed by atoms with Crippen LogP contribution in [0.2, 0.25) is 0 Å². The predicted molar refractivity (Wildman–Crippen MR) is 72.3 cm³/mol. The van der Waals surface area contributed by atoms with Crippen LogP contribution in [0.3, 0.4) is 0 Å². The Morgan fingerprint density at radius 3 is 2.71 bits per heavy atom. The highest BCUT2D eigenvalue weighted by Crippen LogP contribution is 2.45. The molecule has 0 amide bonds. The third-order valence-electron chi connectivity index (χ3n) is 2.81. The molecule has 1 rings (SSSR count). The predicted octanol–water partition coefficient (Wildman–Crippen LogP) is 4.72. The Morgan fingerprint density at radius 1 is 1.64 bits per heavy atom. The molecular formula is C10H14Br2Cl2. The lowest BCUT2D eigenvalue weighted by atomic mass is 9.76. The van der Waals surface area contributed by atoms with Crippen LogP contribution in [0.5, 0.6) is 0 Å². The van der Waals surface area contributed by atoms with Crippen LogP contribution in [0.4, 0.5) is 0 Å². The number of rotatable bonds is 2. The molecule has 0 aromatic heterocycles. The highest BCUT2D eigenvalue weighted by molar-refractivity contribution is 9.09. The zero-order chi connectivity index (χ0) is 10.9. The second-order valence-electron chi connectivity index (χ2n) is 4.21. The fraction of sp³-hybridized carbons (Fsp3) is 0.800. The minimum atomic E-state index is 0.0565. The average Bonchev–Trinajstić information content (AvgIpc) is 2.14. The molecule has 0 bridgehead atoms. The summed E-state index contributed by atoms with van der Waals surface area (Å²) in [6.07, 6.45) is 3.07. The molecule has 0 aromatic carbocycles. The van der Waals surface area contributed by atoms with Crippen molar-refractivity contribution in [3.63, 3.8) is 0 Å². The van der Waals surface area contributed by atoms with Crippen LogP contribution in [0.25, 0.3) is 0 Å². The topological polar surface area (TPSA) is 0 Å². The van der Waals surface area contributed by atoms with Crippen molar-refractivity contribution in [2.75, 3.05) is 5.33 Å². The van der Waals surface area contributed by atoms with Crippen molar-refractivity contribution in [3.05, 3.63) is 11.6 Å². The molecule has 14 heavy (non-hydrogen) atoms. The van der Waals surface area contributed by atoms with E-state index in [4.69, 9.17) is 23.2 Å². The van der Waals surface area contributed by atoms with Gasteiger partial charge in [0.25, 0.3) is 0 Å². The van der Waals surface area contributed by atoms with Gasteiger partial charge in [-0.1, -0.05) is 51.8 Å². The van der Waals surface area contributed by atoms with Crippen molar-refractivity contribution in [2.24, 2.45) is 5.41 Å². The van der Waals surface area contributed by atoms with E-state index < -0.39 is 0 Å². The Hall–Kier alpha value is 1.28. The van der Waals surface area contributed by atoms with Gasteiger partial charge in [-0.2, -0.15) is 0 Å². The largest absolute Gasteiger partial charge is 0.122 e. The van der Waals surface area contributed by atoms with Gasteiger partial charge in [0.15, 0.2) is 0 Å². The van der Waals surface area contributed by atoms with Crippen LogP contribution in [0.1, 0.15) is 20.3 Å². The Labute approximate surface area is 113 Å². The molecule has 0 N–H and O–H groups in total. The summed E-state index contributed by atoms with van der Waals surface area (Å²) in [5.74, 6) is 0. The lowest BCUT2D eigenvalue weighted by molar-refractivity contribution is 0.340. The van der Waals surface area contributed by atoms with Crippen molar-refractivity contribution < 1.29 is 0 Å². The van der Waals surface area contributed by atoms with Gasteiger partial charge in [0.05, 0.1) is 5.38 Å². The van der Waals surface area contributed by atoms with Crippen LogP contribution < -0.4 is 0 Å². The van der Waals surface area contributed by atoms with Gasteiger partial charge in [-0.25, -0.2) is 0 Å². The van der Waals surface area contributed by atoms with Crippen molar-refractivity contribution in [3.8, 4) is 0 Å². The number of halogens is 4. The first-order chi connectivity index (χ1) is 6.41. The van der Waals surface area contributed by atoms with Crippen molar-refractivity contribution >= 4 is 55.1 Å². The molecule has 0 nitrogen and oxygen atoms in total. The summed E-state index contributed by atoms with van der Waals surface area (Å²) >= 11 is 19.6. The molecule has 0 saturated heterocycles. The first-order valence-corrected chi connectivity index (χ1v) is 7.50. The Morgan fingerprint density at radius 2 is 2.21 bits per heavy atom. The van der Waals surface area contributed by atoms with Crippen molar-refractivity contribution in [2.45, 2.75) is 35.8 Å². The number of hydrogen-bond acceptors (Lipinski definition) is 0. The molecule has 0 aliphatic heterocycles. The molecule has 4 heteroatoms. The second kappa shape index (κ2) is 5.07. The summed E-state index contributed by atoms with van der Waals surface area (Å²) in [4.78, 5) is 0.270. The van der Waals surface area contributed by atoms with Crippen LogP contribution in [-0.4, -0.2) is 20.9 Å². The minimum absolute atomic E-state index is 0.0565. The van der Waals surface area contributed by atoms with E-state index in [1.807, 2.05) is 0 Å². The molecule has 0 fully saturated rings. The van der Waals surface area contributed by atoms with E-state index in [2.05, 4.69) is 51.8 Å². The maximum atomic E-state index is 6.29. The molecular weight excluding hydrogens is 351 g/mol. The summed E-state index contributed by atoms with van der Waals surface area (Å²) < 4.78 is 0. The highest BCUT2D eigenvalue weighted by atomic mass is 79.9. The molecule has 1 aliphatic carbocycles. The normalized spacial score (nSPS) is 33.7. The summed E-state index contributed by atoms with van der Waals surface area (Å²) in [5.41, 5.74) is 1.31. The van der Waals surface area contributed by atoms with Gasteiger partial charge in [0, 0.05) is 15.5 Å². The maximum Gasteiger partial charge on any atom is 0.0653 e. The molecule has 0 unspecified atom stereocenters. The van der Waals surface area contributed by atoms with Crippen LogP contribution in [0.15, 0.2) is 11.6 Å². The zero-order valence-corrected chi connectivity index (χ0v) is 12.9. The fourth-order valence-electron chi connectivity index (χ4n) is 1.61. The highest BCUT2D eigenvalue weighted by Gasteiger charge is 2.40. The first kappa shape index (κ1) is 13.3. The average molecular weight is 365 g/mol. The first-order valence-electron chi connectivity index (χ1n) is 4.59. The number of alkyl halides is 4. The molecule has 0 spiro atoms. The Kier molecular flexibility index (Phi) is 4.84. The van der Waals surface area contributed by atoms with Crippen LogP contribution >= 0.6 is 55.1 Å². The Bertz CT molecular complexity index is 238. The van der Waals surface area contributed by atoms with E-state index in [0.717, 1.165) is 11.8 Å². The third-order valence-corrected chi connectivity index (χ3v) is 6.69. The smallest absolute Gasteiger partial charge is 0.0653 e. The fourth-order valence-corrected chi connectivity index (χ4v) is 3.54. The molecule has 82 valence electrons. The SMILES string of the molecule is CC1(C)[C@@H](Cl)CC=C([C@H](Cl)CBr)[C@@H]1Br. The Balaban J connectivity index is 2.90. The lowest BCUT2D eigenvalue weighted by Gasteiger charge is -2.40. The molecule has 0 saturated carbocycles. The molecule has 0 aromatic rings. The van der Waals surface area contributed by atoms with E-state index in [1.54, 1.807) is 0 Å². The summed E-state index contributed by atoms with van der Waals surface area (Å²) in [5, 5.41) is 1.02. The van der Waals surface area contributed by atoms with E-state index in [1.165, 1.54) is 5.57 Å². The van der Waals surface area contributed by atoms with Gasteiger partial charge >= 0.3 is 0 Å². The van der Waals surface area contributed by atoms with Crippen molar-refractivity contribution in [1.29, 1.82) is 0 Å². The maximum absolute atomic E-state index is 6.29. The number of allylic oxidation sites excluding steroid dienone is 2. The van der Waals surface area contributed by atoms with Gasteiger partial charge in [-0.3, -0.25) is 0 Å². The standard InChI is InChI=1S/C10H14Br2Cl2/c1-10(2)8(14)4-3-6(9(10)12)7(13)5-11/h3,7-9H,4-5H2,1-2H3/t7-,8+,9+/m1/s1. The number of hydrogen-bond donors (Lipinski definition) is 0. The third kappa shape index (κ3) is 2.50. The van der Waals surface area contributed by atoms with Crippen LogP contribution in [0, 0.1) is 5.41 Å². The van der Waals surface area contributed by atoms with Gasteiger partial charge in [0.2, 0.25) is 0 Å². The van der Waals surface area contributed by atoms with E-state index >= 15 is 0 Å². The lowest BCUT2D eigenvalue weighted by Crippen LogP contribution is -2.40. The second-order valence-corrected chi connectivity index (χ2v) is 6.83. The molecule has 0 heterocycles. The van der Waals surface area contributed by atoms with Gasteiger partial charge in [-0.05, 0) is 17.4 Å². The molecule has 3 atom stereocenters. The monoisotopic (exact) mass is 362 g/mol. The van der Waals surface area contributed by atoms with Crippen molar-refractivity contribution in [1.82, 2.24) is 0 Å². The van der Waals surface area contributed by atoms with Gasteiger partial charge in [-0.15, -0.1) is 23.2 Å². The van der Waals surface area contributed by atoms with E-state index in [0.29, 0.717) is 0 Å². The van der Waals surface area contributed by atoms with Gasteiger partial charge < -0.3 is 0 Å². The van der Waals surface area contributed by atoms with E-state index in [9.17, 15) is 0 Å². The molecule has 0 radical (unpaired) electrons.